The zero-order chi connectivity index (χ0) is 18.0. The van der Waals surface area contributed by atoms with Crippen molar-refractivity contribution >= 4 is 33.9 Å². The third-order valence-corrected chi connectivity index (χ3v) is 5.04. The lowest BCUT2D eigenvalue weighted by atomic mass is 9.93. The fourth-order valence-electron chi connectivity index (χ4n) is 3.12. The minimum atomic E-state index is -1.09. The number of benzene rings is 1. The van der Waals surface area contributed by atoms with Crippen LogP contribution in [0.2, 0.25) is 0 Å². The van der Waals surface area contributed by atoms with E-state index in [4.69, 9.17) is 18.9 Å². The summed E-state index contributed by atoms with van der Waals surface area (Å²) in [6.45, 7) is 0. The number of ether oxygens (including phenoxy) is 4. The highest BCUT2D eigenvalue weighted by molar-refractivity contribution is 9.10. The van der Waals surface area contributed by atoms with Gasteiger partial charge in [-0.05, 0) is 40.9 Å². The van der Waals surface area contributed by atoms with Gasteiger partial charge in [-0.2, -0.15) is 0 Å². The Bertz CT molecular complexity index is 711. The molecule has 0 unspecified atom stereocenters. The summed E-state index contributed by atoms with van der Waals surface area (Å²) in [7, 11) is 3.04. The zero-order valence-corrected chi connectivity index (χ0v) is 15.7. The van der Waals surface area contributed by atoms with Gasteiger partial charge in [-0.15, -0.1) is 0 Å². The number of halogens is 1. The summed E-state index contributed by atoms with van der Waals surface area (Å²) in [5.41, 5.74) is 0.394. The van der Waals surface area contributed by atoms with E-state index in [0.29, 0.717) is 34.4 Å². The molecule has 0 bridgehead atoms. The average Bonchev–Trinajstić information content (AvgIpc) is 2.59. The first kappa shape index (κ1) is 17.8. The monoisotopic (exact) mass is 410 g/mol. The summed E-state index contributed by atoms with van der Waals surface area (Å²) >= 11 is 3.38. The van der Waals surface area contributed by atoms with Gasteiger partial charge in [0.15, 0.2) is 0 Å². The van der Waals surface area contributed by atoms with Crippen LogP contribution in [0.1, 0.15) is 37.7 Å². The number of hydrogen-bond acceptors (Lipinski definition) is 6. The van der Waals surface area contributed by atoms with Crippen molar-refractivity contribution in [3.63, 3.8) is 0 Å². The molecule has 1 saturated heterocycles. The normalized spacial score (nSPS) is 19.2. The standard InChI is InChI=1S/C18H19BrO6/c1-22-14-10-15(23-2)13(19)9-11(14)8-12-16(20)24-18(25-17(12)21)6-4-3-5-7-18/h8-10H,3-7H2,1-2H3. The van der Waals surface area contributed by atoms with Gasteiger partial charge >= 0.3 is 11.9 Å². The van der Waals surface area contributed by atoms with E-state index < -0.39 is 17.7 Å². The van der Waals surface area contributed by atoms with Gasteiger partial charge in [0.1, 0.15) is 17.1 Å². The van der Waals surface area contributed by atoms with E-state index in [1.807, 2.05) is 0 Å². The van der Waals surface area contributed by atoms with Crippen LogP contribution in [-0.4, -0.2) is 31.9 Å². The Morgan fingerprint density at radius 3 is 2.16 bits per heavy atom. The van der Waals surface area contributed by atoms with E-state index in [-0.39, 0.29) is 5.57 Å². The molecule has 1 aromatic rings. The quantitative estimate of drug-likeness (QED) is 0.430. The van der Waals surface area contributed by atoms with E-state index in [2.05, 4.69) is 15.9 Å². The molecule has 25 heavy (non-hydrogen) atoms. The van der Waals surface area contributed by atoms with Gasteiger partial charge in [-0.25, -0.2) is 9.59 Å². The maximum Gasteiger partial charge on any atom is 0.348 e. The van der Waals surface area contributed by atoms with Crippen molar-refractivity contribution in [2.45, 2.75) is 37.9 Å². The van der Waals surface area contributed by atoms with Gasteiger partial charge in [0.25, 0.3) is 5.79 Å². The SMILES string of the molecule is COc1cc(OC)c(C=C2C(=O)OC3(CCCCC3)OC2=O)cc1Br. The molecule has 0 atom stereocenters. The molecule has 2 fully saturated rings. The van der Waals surface area contributed by atoms with Crippen molar-refractivity contribution in [2.24, 2.45) is 0 Å². The van der Waals surface area contributed by atoms with Crippen LogP contribution < -0.4 is 9.47 Å². The largest absolute Gasteiger partial charge is 0.496 e. The van der Waals surface area contributed by atoms with Crippen molar-refractivity contribution in [1.82, 2.24) is 0 Å². The first-order valence-electron chi connectivity index (χ1n) is 8.08. The molecule has 1 aliphatic heterocycles. The van der Waals surface area contributed by atoms with Crippen molar-refractivity contribution in [3.05, 3.63) is 27.7 Å². The van der Waals surface area contributed by atoms with Crippen molar-refractivity contribution in [1.29, 1.82) is 0 Å². The summed E-state index contributed by atoms with van der Waals surface area (Å²) in [6.07, 6.45) is 5.32. The van der Waals surface area contributed by atoms with Gasteiger partial charge in [0.2, 0.25) is 0 Å². The van der Waals surface area contributed by atoms with Crippen molar-refractivity contribution in [3.8, 4) is 11.5 Å². The maximum atomic E-state index is 12.4. The Balaban J connectivity index is 1.93. The molecule has 1 saturated carbocycles. The van der Waals surface area contributed by atoms with Crippen LogP contribution in [0, 0.1) is 0 Å². The van der Waals surface area contributed by atoms with E-state index >= 15 is 0 Å². The molecule has 0 N–H and O–H groups in total. The highest BCUT2D eigenvalue weighted by Gasteiger charge is 2.46. The molecule has 1 aromatic carbocycles. The summed E-state index contributed by atoms with van der Waals surface area (Å²) in [4.78, 5) is 24.8. The second kappa shape index (κ2) is 7.07. The minimum absolute atomic E-state index is 0.147. The van der Waals surface area contributed by atoms with Gasteiger partial charge in [-0.3, -0.25) is 0 Å². The lowest BCUT2D eigenvalue weighted by molar-refractivity contribution is -0.244. The van der Waals surface area contributed by atoms with Crippen LogP contribution in [0.25, 0.3) is 6.08 Å². The first-order chi connectivity index (χ1) is 12.0. The third-order valence-electron chi connectivity index (χ3n) is 4.42. The zero-order valence-electron chi connectivity index (χ0n) is 14.1. The fourth-order valence-corrected chi connectivity index (χ4v) is 3.64. The van der Waals surface area contributed by atoms with Crippen molar-refractivity contribution in [2.75, 3.05) is 14.2 Å². The summed E-state index contributed by atoms with van der Waals surface area (Å²) in [5, 5.41) is 0. The van der Waals surface area contributed by atoms with Gasteiger partial charge in [-0.1, -0.05) is 6.42 Å². The number of rotatable bonds is 3. The van der Waals surface area contributed by atoms with Crippen LogP contribution in [0.4, 0.5) is 0 Å². The third kappa shape index (κ3) is 3.51. The molecule has 2 aliphatic rings. The molecule has 1 heterocycles. The molecular formula is C18H19BrO6. The van der Waals surface area contributed by atoms with Gasteiger partial charge < -0.3 is 18.9 Å². The fraction of sp³-hybridized carbons (Fsp3) is 0.444. The summed E-state index contributed by atoms with van der Waals surface area (Å²) in [6, 6.07) is 3.37. The molecular weight excluding hydrogens is 392 g/mol. The lowest BCUT2D eigenvalue weighted by Gasteiger charge is -2.38. The summed E-state index contributed by atoms with van der Waals surface area (Å²) < 4.78 is 22.2. The lowest BCUT2D eigenvalue weighted by Crippen LogP contribution is -2.47. The minimum Gasteiger partial charge on any atom is -0.496 e. The Kier molecular flexibility index (Phi) is 5.03. The molecule has 134 valence electrons. The van der Waals surface area contributed by atoms with Crippen LogP contribution >= 0.6 is 15.9 Å². The van der Waals surface area contributed by atoms with E-state index in [9.17, 15) is 9.59 Å². The molecule has 0 amide bonds. The number of methoxy groups -OCH3 is 2. The van der Waals surface area contributed by atoms with Crippen LogP contribution in [-0.2, 0) is 19.1 Å². The predicted molar refractivity (Wildman–Crippen MR) is 93.2 cm³/mol. The second-order valence-corrected chi connectivity index (χ2v) is 6.89. The Hall–Kier alpha value is -2.02. The molecule has 1 aliphatic carbocycles. The van der Waals surface area contributed by atoms with Gasteiger partial charge in [0, 0.05) is 24.5 Å². The summed E-state index contributed by atoms with van der Waals surface area (Å²) in [5.74, 6) is -1.37. The molecule has 3 rings (SSSR count). The van der Waals surface area contributed by atoms with Gasteiger partial charge in [0.05, 0.1) is 18.7 Å². The molecule has 7 heteroatoms. The Morgan fingerprint density at radius 2 is 1.60 bits per heavy atom. The smallest absolute Gasteiger partial charge is 0.348 e. The van der Waals surface area contributed by atoms with Crippen LogP contribution in [0.5, 0.6) is 11.5 Å². The maximum absolute atomic E-state index is 12.4. The Morgan fingerprint density at radius 1 is 1.00 bits per heavy atom. The number of hydrogen-bond donors (Lipinski definition) is 0. The Labute approximate surface area is 154 Å². The number of carbonyl (C=O) groups excluding carboxylic acids is 2. The predicted octanol–water partition coefficient (Wildman–Crippen LogP) is 3.61. The van der Waals surface area contributed by atoms with E-state index in [1.165, 1.54) is 20.3 Å². The first-order valence-corrected chi connectivity index (χ1v) is 8.87. The number of esters is 2. The highest BCUT2D eigenvalue weighted by atomic mass is 79.9. The molecule has 0 radical (unpaired) electrons. The van der Waals surface area contributed by atoms with Crippen molar-refractivity contribution < 1.29 is 28.5 Å². The average molecular weight is 411 g/mol. The van der Waals surface area contributed by atoms with E-state index in [0.717, 1.165) is 19.3 Å². The molecule has 6 nitrogen and oxygen atoms in total. The topological polar surface area (TPSA) is 71.1 Å². The van der Waals surface area contributed by atoms with E-state index in [1.54, 1.807) is 12.1 Å². The second-order valence-electron chi connectivity index (χ2n) is 6.04. The van der Waals surface area contributed by atoms with Crippen LogP contribution in [0.3, 0.4) is 0 Å². The van der Waals surface area contributed by atoms with Crippen LogP contribution in [0.15, 0.2) is 22.2 Å². The molecule has 1 spiro atoms. The number of carbonyl (C=O) groups is 2. The molecule has 0 aromatic heterocycles. The highest BCUT2D eigenvalue weighted by Crippen LogP contribution is 2.39.